The summed E-state index contributed by atoms with van der Waals surface area (Å²) in [5.41, 5.74) is 1.93. The molecule has 174 valence electrons. The summed E-state index contributed by atoms with van der Waals surface area (Å²) in [6.45, 7) is 2.02. The van der Waals surface area contributed by atoms with E-state index in [1.165, 1.54) is 10.6 Å². The maximum absolute atomic E-state index is 13.6. The van der Waals surface area contributed by atoms with Gasteiger partial charge in [-0.1, -0.05) is 23.4 Å². The second-order valence-electron chi connectivity index (χ2n) is 8.63. The van der Waals surface area contributed by atoms with E-state index in [1.807, 2.05) is 30.1 Å². The molecule has 0 radical (unpaired) electrons. The molecule has 8 nitrogen and oxygen atoms in total. The van der Waals surface area contributed by atoms with Gasteiger partial charge in [0.25, 0.3) is 10.0 Å². The van der Waals surface area contributed by atoms with Gasteiger partial charge >= 0.3 is 0 Å². The number of aromatic nitrogens is 1. The van der Waals surface area contributed by atoms with Crippen molar-refractivity contribution in [2.24, 2.45) is 0 Å². The molecule has 2 aliphatic heterocycles. The van der Waals surface area contributed by atoms with Crippen molar-refractivity contribution in [2.75, 3.05) is 38.0 Å². The van der Waals surface area contributed by atoms with E-state index in [0.717, 1.165) is 42.8 Å². The number of para-hydroxylation sites is 1. The lowest BCUT2D eigenvalue weighted by molar-refractivity contribution is -0.134. The van der Waals surface area contributed by atoms with Crippen LogP contribution in [0.5, 0.6) is 0 Å². The second kappa shape index (κ2) is 8.58. The fourth-order valence-corrected chi connectivity index (χ4v) is 7.55. The number of amides is 1. The molecule has 1 atom stereocenters. The highest BCUT2D eigenvalue weighted by atomic mass is 32.2. The highest BCUT2D eigenvalue weighted by molar-refractivity contribution is 7.94. The van der Waals surface area contributed by atoms with Gasteiger partial charge in [-0.15, -0.1) is 11.3 Å². The standard InChI is InChI=1S/C23H26N4O4S2/c1-25-12-9-16(10-13-25)26(2)23(28)18-15-27(20-6-4-3-5-17(18)20)33(29,30)22-8-7-21(32-22)19-11-14-31-24-19/h3-8,11,14,16,18H,9-10,12-13,15H2,1-2H3. The Morgan fingerprint density at radius 3 is 2.64 bits per heavy atom. The minimum Gasteiger partial charge on any atom is -0.364 e. The number of anilines is 1. The molecule has 0 saturated carbocycles. The summed E-state index contributed by atoms with van der Waals surface area (Å²) in [7, 11) is 0.108. The number of carbonyl (C=O) groups is 1. The molecule has 5 rings (SSSR count). The molecule has 0 spiro atoms. The van der Waals surface area contributed by atoms with Crippen LogP contribution in [0.25, 0.3) is 10.6 Å². The molecule has 10 heteroatoms. The normalized spacial score (nSPS) is 19.6. The average molecular weight is 487 g/mol. The summed E-state index contributed by atoms with van der Waals surface area (Å²) in [6, 6.07) is 12.5. The number of thiophene rings is 1. The number of hydrogen-bond donors (Lipinski definition) is 0. The Morgan fingerprint density at radius 2 is 1.91 bits per heavy atom. The molecule has 3 aromatic rings. The first kappa shape index (κ1) is 22.1. The number of fused-ring (bicyclic) bond motifs is 1. The molecule has 0 aliphatic carbocycles. The largest absolute Gasteiger partial charge is 0.364 e. The lowest BCUT2D eigenvalue weighted by Crippen LogP contribution is -2.46. The van der Waals surface area contributed by atoms with Crippen LogP contribution < -0.4 is 4.31 Å². The summed E-state index contributed by atoms with van der Waals surface area (Å²) >= 11 is 1.15. The number of nitrogens with zero attached hydrogens (tertiary/aromatic N) is 4. The van der Waals surface area contributed by atoms with Crippen molar-refractivity contribution >= 4 is 33.0 Å². The molecule has 0 bridgehead atoms. The Hall–Kier alpha value is -2.69. The van der Waals surface area contributed by atoms with Crippen molar-refractivity contribution in [1.29, 1.82) is 0 Å². The molecule has 4 heterocycles. The number of sulfonamides is 1. The number of likely N-dealkylation sites (tertiary alicyclic amines) is 1. The SMILES string of the molecule is CN1CCC(N(C)C(=O)C2CN(S(=O)(=O)c3ccc(-c4ccon4)s3)c3ccccc32)CC1. The van der Waals surface area contributed by atoms with E-state index in [4.69, 9.17) is 4.52 Å². The van der Waals surface area contributed by atoms with Crippen molar-refractivity contribution in [3.05, 3.63) is 54.3 Å². The van der Waals surface area contributed by atoms with E-state index >= 15 is 0 Å². The summed E-state index contributed by atoms with van der Waals surface area (Å²) in [5.74, 6) is -0.542. The molecule has 1 saturated heterocycles. The molecule has 1 fully saturated rings. The van der Waals surface area contributed by atoms with Crippen LogP contribution in [0.3, 0.4) is 0 Å². The molecule has 33 heavy (non-hydrogen) atoms. The summed E-state index contributed by atoms with van der Waals surface area (Å²) < 4.78 is 33.7. The molecular formula is C23H26N4O4S2. The predicted octanol–water partition coefficient (Wildman–Crippen LogP) is 3.25. The van der Waals surface area contributed by atoms with Gasteiger partial charge < -0.3 is 14.3 Å². The quantitative estimate of drug-likeness (QED) is 0.550. The van der Waals surface area contributed by atoms with Gasteiger partial charge in [-0.3, -0.25) is 9.10 Å². The first-order valence-corrected chi connectivity index (χ1v) is 13.2. The zero-order chi connectivity index (χ0) is 23.2. The van der Waals surface area contributed by atoms with Gasteiger partial charge in [0.05, 0.1) is 23.0 Å². The third kappa shape index (κ3) is 3.96. The second-order valence-corrected chi connectivity index (χ2v) is 11.8. The van der Waals surface area contributed by atoms with E-state index < -0.39 is 15.9 Å². The summed E-state index contributed by atoms with van der Waals surface area (Å²) in [5, 5.41) is 3.89. The first-order chi connectivity index (χ1) is 15.9. The van der Waals surface area contributed by atoms with Crippen molar-refractivity contribution in [1.82, 2.24) is 15.0 Å². The van der Waals surface area contributed by atoms with Gasteiger partial charge in [0.2, 0.25) is 5.91 Å². The van der Waals surface area contributed by atoms with Crippen molar-refractivity contribution < 1.29 is 17.7 Å². The fraction of sp³-hybridized carbons (Fsp3) is 0.391. The van der Waals surface area contributed by atoms with Gasteiger partial charge in [0, 0.05) is 19.2 Å². The topological polar surface area (TPSA) is 87.0 Å². The van der Waals surface area contributed by atoms with Crippen LogP contribution in [-0.2, 0) is 14.8 Å². The summed E-state index contributed by atoms with van der Waals surface area (Å²) in [4.78, 5) is 18.3. The van der Waals surface area contributed by atoms with Crippen LogP contribution >= 0.6 is 11.3 Å². The van der Waals surface area contributed by atoms with Crippen LogP contribution in [0.2, 0.25) is 0 Å². The zero-order valence-corrected chi connectivity index (χ0v) is 20.2. The van der Waals surface area contributed by atoms with Crippen molar-refractivity contribution in [3.63, 3.8) is 0 Å². The lowest BCUT2D eigenvalue weighted by Gasteiger charge is -2.36. The third-order valence-electron chi connectivity index (χ3n) is 6.63. The van der Waals surface area contributed by atoms with E-state index in [9.17, 15) is 13.2 Å². The lowest BCUT2D eigenvalue weighted by atomic mass is 9.97. The highest BCUT2D eigenvalue weighted by Crippen LogP contribution is 2.42. The number of likely N-dealkylation sites (N-methyl/N-ethyl adjacent to an activating group) is 1. The Bertz CT molecular complexity index is 1250. The number of piperidine rings is 1. The van der Waals surface area contributed by atoms with Crippen molar-refractivity contribution in [3.8, 4) is 10.6 Å². The molecule has 1 aromatic carbocycles. The van der Waals surface area contributed by atoms with Crippen LogP contribution in [0.15, 0.2) is 57.5 Å². The number of rotatable bonds is 5. The van der Waals surface area contributed by atoms with Gasteiger partial charge in [-0.25, -0.2) is 8.42 Å². The Kier molecular flexibility index (Phi) is 5.75. The van der Waals surface area contributed by atoms with E-state index in [-0.39, 0.29) is 22.7 Å². The maximum atomic E-state index is 13.6. The van der Waals surface area contributed by atoms with Crippen LogP contribution in [-0.4, -0.2) is 69.1 Å². The van der Waals surface area contributed by atoms with Gasteiger partial charge in [0.15, 0.2) is 0 Å². The maximum Gasteiger partial charge on any atom is 0.273 e. The zero-order valence-electron chi connectivity index (χ0n) is 18.5. The van der Waals surface area contributed by atoms with Gasteiger partial charge in [-0.2, -0.15) is 0 Å². The molecular weight excluding hydrogens is 460 g/mol. The Balaban J connectivity index is 1.42. The molecule has 2 aromatic heterocycles. The fourth-order valence-electron chi connectivity index (χ4n) is 4.66. The van der Waals surface area contributed by atoms with Gasteiger partial charge in [-0.05, 0) is 56.7 Å². The van der Waals surface area contributed by atoms with Crippen LogP contribution in [0.4, 0.5) is 5.69 Å². The van der Waals surface area contributed by atoms with Crippen LogP contribution in [0, 0.1) is 0 Å². The van der Waals surface area contributed by atoms with Gasteiger partial charge in [0.1, 0.15) is 16.2 Å². The molecule has 1 unspecified atom stereocenters. The Labute approximate surface area is 197 Å². The Morgan fingerprint density at radius 1 is 1.15 bits per heavy atom. The van der Waals surface area contributed by atoms with E-state index in [0.29, 0.717) is 16.3 Å². The smallest absolute Gasteiger partial charge is 0.273 e. The average Bonchev–Trinajstić information content (AvgIpc) is 3.58. The molecule has 1 amide bonds. The third-order valence-corrected chi connectivity index (χ3v) is 9.98. The minimum absolute atomic E-state index is 0.0239. The monoisotopic (exact) mass is 486 g/mol. The highest BCUT2D eigenvalue weighted by Gasteiger charge is 2.42. The molecule has 2 aliphatic rings. The molecule has 0 N–H and O–H groups in total. The number of hydrogen-bond acceptors (Lipinski definition) is 7. The summed E-state index contributed by atoms with van der Waals surface area (Å²) in [6.07, 6.45) is 3.31. The van der Waals surface area contributed by atoms with Crippen LogP contribution in [0.1, 0.15) is 24.3 Å². The first-order valence-electron chi connectivity index (χ1n) is 10.9. The van der Waals surface area contributed by atoms with E-state index in [1.54, 1.807) is 24.3 Å². The van der Waals surface area contributed by atoms with E-state index in [2.05, 4.69) is 17.1 Å². The predicted molar refractivity (Wildman–Crippen MR) is 127 cm³/mol. The number of carbonyl (C=O) groups excluding carboxylic acids is 1. The van der Waals surface area contributed by atoms with Crippen molar-refractivity contribution in [2.45, 2.75) is 29.0 Å². The number of benzene rings is 1. The minimum atomic E-state index is -3.83.